The molecule has 5 heteroatoms. The molecule has 0 fully saturated rings. The molecule has 0 saturated heterocycles. The quantitative estimate of drug-likeness (QED) is 0.248. The van der Waals surface area contributed by atoms with Crippen LogP contribution in [-0.4, -0.2) is 29.3 Å². The minimum atomic E-state index is -0.974. The number of ether oxygens (including phenoxy) is 1. The van der Waals surface area contributed by atoms with Crippen LogP contribution >= 0.6 is 0 Å². The van der Waals surface area contributed by atoms with Gasteiger partial charge in [-0.3, -0.25) is 0 Å². The average molecular weight is 515 g/mol. The molecule has 0 amide bonds. The Kier molecular flexibility index (Phi) is 6.98. The Balaban J connectivity index is 0.000000177. The van der Waals surface area contributed by atoms with Gasteiger partial charge >= 0.3 is 11.9 Å². The van der Waals surface area contributed by atoms with Gasteiger partial charge in [-0.25, -0.2) is 9.59 Å². The molecule has 0 aliphatic carbocycles. The molecule has 192 valence electrons. The fourth-order valence-corrected chi connectivity index (χ4v) is 5.06. The molecule has 6 aromatic rings. The predicted octanol–water partition coefficient (Wildman–Crippen LogP) is 8.21. The first-order chi connectivity index (χ1) is 18.9. The van der Waals surface area contributed by atoms with Crippen molar-refractivity contribution in [3.63, 3.8) is 0 Å². The third-order valence-corrected chi connectivity index (χ3v) is 6.86. The first-order valence-electron chi connectivity index (χ1n) is 12.4. The molecule has 0 aliphatic heterocycles. The van der Waals surface area contributed by atoms with Crippen LogP contribution in [0.3, 0.4) is 0 Å². The number of aromatic carboxylic acids is 2. The topological polar surface area (TPSA) is 83.8 Å². The van der Waals surface area contributed by atoms with E-state index < -0.39 is 11.9 Å². The zero-order chi connectivity index (χ0) is 27.5. The van der Waals surface area contributed by atoms with E-state index in [9.17, 15) is 14.7 Å². The van der Waals surface area contributed by atoms with Crippen molar-refractivity contribution in [2.24, 2.45) is 0 Å². The zero-order valence-corrected chi connectivity index (χ0v) is 21.5. The first-order valence-corrected chi connectivity index (χ1v) is 12.4. The largest absolute Gasteiger partial charge is 0.495 e. The van der Waals surface area contributed by atoms with Gasteiger partial charge in [-0.05, 0) is 57.1 Å². The molecule has 0 aliphatic rings. The molecule has 0 heterocycles. The van der Waals surface area contributed by atoms with E-state index in [0.717, 1.165) is 49.0 Å². The summed E-state index contributed by atoms with van der Waals surface area (Å²) in [7, 11) is 1.48. The molecule has 5 nitrogen and oxygen atoms in total. The van der Waals surface area contributed by atoms with Crippen molar-refractivity contribution in [1.29, 1.82) is 0 Å². The highest BCUT2D eigenvalue weighted by Gasteiger charge is 2.18. The molecule has 6 aromatic carbocycles. The van der Waals surface area contributed by atoms with Crippen molar-refractivity contribution in [3.8, 4) is 16.9 Å². The fraction of sp³-hybridized carbons (Fsp3) is 0.0588. The maximum atomic E-state index is 11.9. The third kappa shape index (κ3) is 4.78. The smallest absolute Gasteiger partial charge is 0.339 e. The number of carboxylic acid groups (broad SMARTS) is 2. The van der Waals surface area contributed by atoms with Gasteiger partial charge in [-0.1, -0.05) is 97.1 Å². The normalized spacial score (nSPS) is 10.7. The van der Waals surface area contributed by atoms with Crippen LogP contribution in [0.4, 0.5) is 0 Å². The van der Waals surface area contributed by atoms with Gasteiger partial charge in [0.2, 0.25) is 0 Å². The molecular formula is C34H26O5. The lowest BCUT2D eigenvalue weighted by Crippen LogP contribution is -2.01. The summed E-state index contributed by atoms with van der Waals surface area (Å²) < 4.78 is 5.14. The number of rotatable bonds is 4. The lowest BCUT2D eigenvalue weighted by molar-refractivity contribution is 0.0684. The van der Waals surface area contributed by atoms with Crippen molar-refractivity contribution in [1.82, 2.24) is 0 Å². The number of fused-ring (bicyclic) bond motifs is 3. The van der Waals surface area contributed by atoms with Gasteiger partial charge in [-0.2, -0.15) is 0 Å². The first kappa shape index (κ1) is 25.5. The van der Waals surface area contributed by atoms with Gasteiger partial charge in [0.1, 0.15) is 11.3 Å². The minimum Gasteiger partial charge on any atom is -0.495 e. The Bertz CT molecular complexity index is 1870. The van der Waals surface area contributed by atoms with E-state index in [4.69, 9.17) is 9.84 Å². The SMILES string of the molecule is COc1c(C(=O)O)ccc2ccccc12.Cc1ccc2ccccc2c1-c1c(C(=O)O)ccc2ccccc12. The highest BCUT2D eigenvalue weighted by Crippen LogP contribution is 2.39. The van der Waals surface area contributed by atoms with Gasteiger partial charge in [0.05, 0.1) is 12.7 Å². The third-order valence-electron chi connectivity index (χ3n) is 6.86. The molecule has 39 heavy (non-hydrogen) atoms. The van der Waals surface area contributed by atoms with Crippen LogP contribution < -0.4 is 4.74 Å². The summed E-state index contributed by atoms with van der Waals surface area (Å²) >= 11 is 0. The van der Waals surface area contributed by atoms with E-state index in [-0.39, 0.29) is 5.56 Å². The molecule has 0 bridgehead atoms. The highest BCUT2D eigenvalue weighted by molar-refractivity contribution is 6.13. The molecular weight excluding hydrogens is 488 g/mol. The van der Waals surface area contributed by atoms with Crippen molar-refractivity contribution in [2.75, 3.05) is 7.11 Å². The van der Waals surface area contributed by atoms with Crippen LogP contribution in [0.5, 0.6) is 5.75 Å². The molecule has 0 aromatic heterocycles. The number of hydrogen-bond donors (Lipinski definition) is 2. The molecule has 6 rings (SSSR count). The maximum Gasteiger partial charge on any atom is 0.339 e. The van der Waals surface area contributed by atoms with E-state index in [1.807, 2.05) is 73.7 Å². The maximum absolute atomic E-state index is 11.9. The Hall–Kier alpha value is -5.16. The van der Waals surface area contributed by atoms with Crippen LogP contribution in [0, 0.1) is 6.92 Å². The summed E-state index contributed by atoms with van der Waals surface area (Å²) in [5.41, 5.74) is 3.41. The van der Waals surface area contributed by atoms with E-state index in [1.165, 1.54) is 7.11 Å². The van der Waals surface area contributed by atoms with Crippen molar-refractivity contribution in [2.45, 2.75) is 6.92 Å². The summed E-state index contributed by atoms with van der Waals surface area (Å²) in [6, 6.07) is 34.7. The molecule has 0 atom stereocenters. The number of carbonyl (C=O) groups is 2. The van der Waals surface area contributed by atoms with Gasteiger partial charge in [0.15, 0.2) is 0 Å². The summed E-state index contributed by atoms with van der Waals surface area (Å²) in [6.45, 7) is 2.04. The van der Waals surface area contributed by atoms with Crippen molar-refractivity contribution >= 4 is 44.3 Å². The average Bonchev–Trinajstić information content (AvgIpc) is 2.96. The second-order valence-corrected chi connectivity index (χ2v) is 9.17. The predicted molar refractivity (Wildman–Crippen MR) is 156 cm³/mol. The van der Waals surface area contributed by atoms with Gasteiger partial charge in [0, 0.05) is 10.9 Å². The molecule has 0 unspecified atom stereocenters. The van der Waals surface area contributed by atoms with Gasteiger partial charge < -0.3 is 14.9 Å². The Morgan fingerprint density at radius 1 is 0.538 bits per heavy atom. The lowest BCUT2D eigenvalue weighted by atomic mass is 9.87. The number of aryl methyl sites for hydroxylation is 1. The lowest BCUT2D eigenvalue weighted by Gasteiger charge is -2.16. The number of benzene rings is 6. The Labute approximate surface area is 225 Å². The van der Waals surface area contributed by atoms with Crippen LogP contribution in [0.2, 0.25) is 0 Å². The summed E-state index contributed by atoms with van der Waals surface area (Å²) in [5.74, 6) is -1.46. The van der Waals surface area contributed by atoms with Gasteiger partial charge in [0.25, 0.3) is 0 Å². The Morgan fingerprint density at radius 3 is 1.51 bits per heavy atom. The summed E-state index contributed by atoms with van der Waals surface area (Å²) in [6.07, 6.45) is 0. The van der Waals surface area contributed by atoms with E-state index in [2.05, 4.69) is 24.3 Å². The van der Waals surface area contributed by atoms with Crippen molar-refractivity contribution < 1.29 is 24.5 Å². The van der Waals surface area contributed by atoms with E-state index >= 15 is 0 Å². The second kappa shape index (κ2) is 10.7. The van der Waals surface area contributed by atoms with E-state index in [1.54, 1.807) is 18.2 Å². The number of hydrogen-bond acceptors (Lipinski definition) is 3. The zero-order valence-electron chi connectivity index (χ0n) is 21.5. The van der Waals surface area contributed by atoms with Crippen LogP contribution in [0.1, 0.15) is 26.3 Å². The molecule has 2 N–H and O–H groups in total. The second-order valence-electron chi connectivity index (χ2n) is 9.17. The monoisotopic (exact) mass is 514 g/mol. The summed E-state index contributed by atoms with van der Waals surface area (Å²) in [5, 5.41) is 24.7. The van der Waals surface area contributed by atoms with Crippen LogP contribution in [0.15, 0.2) is 109 Å². The molecule has 0 spiro atoms. The van der Waals surface area contributed by atoms with Crippen molar-refractivity contribution in [3.05, 3.63) is 126 Å². The highest BCUT2D eigenvalue weighted by atomic mass is 16.5. The fourth-order valence-electron chi connectivity index (χ4n) is 5.06. The van der Waals surface area contributed by atoms with Crippen LogP contribution in [0.25, 0.3) is 43.4 Å². The summed E-state index contributed by atoms with van der Waals surface area (Å²) in [4.78, 5) is 22.8. The number of methoxy groups -OCH3 is 1. The number of carboxylic acids is 2. The van der Waals surface area contributed by atoms with Gasteiger partial charge in [-0.15, -0.1) is 0 Å². The standard InChI is InChI=1S/C22H16O2.C12H10O3/c1-14-10-11-15-6-2-4-8-17(15)20(14)21-18-9-5-3-7-16(18)12-13-19(21)22(23)24;1-15-11-9-5-3-2-4-8(9)6-7-10(11)12(13)14/h2-13H,1H3,(H,23,24);2-7H,1H3,(H,13,14). The molecule has 0 radical (unpaired) electrons. The minimum absolute atomic E-state index is 0.191. The molecule has 0 saturated carbocycles. The van der Waals surface area contributed by atoms with E-state index in [0.29, 0.717) is 11.3 Å². The van der Waals surface area contributed by atoms with Crippen LogP contribution in [-0.2, 0) is 0 Å². The Morgan fingerprint density at radius 2 is 0.974 bits per heavy atom.